The van der Waals surface area contributed by atoms with Gasteiger partial charge in [0.25, 0.3) is 10.0 Å². The highest BCUT2D eigenvalue weighted by Gasteiger charge is 2.44. The number of hydrogen-bond acceptors (Lipinski definition) is 4. The minimum absolute atomic E-state index is 0.000615. The van der Waals surface area contributed by atoms with E-state index in [4.69, 9.17) is 0 Å². The standard InChI is InChI=1S/C20H22N2O4S/c1-14(2)15-8-10-16(11-9-15)21-20(24)18-12-13-19(23)22(18)27(25,26)17-6-4-3-5-7-17/h3-11,14,18H,12-13H2,1-2H3,(H,21,24). The maximum atomic E-state index is 12.9. The molecule has 2 amide bonds. The van der Waals surface area contributed by atoms with Crippen molar-refractivity contribution in [2.24, 2.45) is 0 Å². The van der Waals surface area contributed by atoms with E-state index in [2.05, 4.69) is 19.2 Å². The van der Waals surface area contributed by atoms with Crippen molar-refractivity contribution in [1.29, 1.82) is 0 Å². The summed E-state index contributed by atoms with van der Waals surface area (Å²) in [5, 5.41) is 2.73. The Kier molecular flexibility index (Phi) is 5.32. The molecule has 1 N–H and O–H groups in total. The number of sulfonamides is 1. The summed E-state index contributed by atoms with van der Waals surface area (Å²) in [6, 6.07) is 14.0. The van der Waals surface area contributed by atoms with Gasteiger partial charge in [-0.1, -0.05) is 44.2 Å². The van der Waals surface area contributed by atoms with Crippen molar-refractivity contribution in [2.45, 2.75) is 43.5 Å². The molecule has 1 aliphatic heterocycles. The Hall–Kier alpha value is -2.67. The van der Waals surface area contributed by atoms with Crippen molar-refractivity contribution in [2.75, 3.05) is 5.32 Å². The average molecular weight is 386 g/mol. The molecule has 2 aromatic rings. The normalized spacial score (nSPS) is 17.4. The molecule has 0 bridgehead atoms. The molecular formula is C20H22N2O4S. The van der Waals surface area contributed by atoms with E-state index in [1.54, 1.807) is 30.3 Å². The van der Waals surface area contributed by atoms with Crippen molar-refractivity contribution < 1.29 is 18.0 Å². The molecule has 0 aliphatic carbocycles. The van der Waals surface area contributed by atoms with Crippen LogP contribution in [-0.4, -0.2) is 30.6 Å². The molecule has 1 heterocycles. The fourth-order valence-corrected chi connectivity index (χ4v) is 4.71. The molecule has 0 aromatic heterocycles. The zero-order valence-corrected chi connectivity index (χ0v) is 16.1. The van der Waals surface area contributed by atoms with E-state index in [1.165, 1.54) is 12.1 Å². The maximum absolute atomic E-state index is 12.9. The molecule has 0 spiro atoms. The van der Waals surface area contributed by atoms with Crippen molar-refractivity contribution >= 4 is 27.5 Å². The summed E-state index contributed by atoms with van der Waals surface area (Å²) in [5.41, 5.74) is 1.71. The number of rotatable bonds is 5. The Morgan fingerprint density at radius 3 is 2.30 bits per heavy atom. The third-order valence-electron chi connectivity index (χ3n) is 4.61. The van der Waals surface area contributed by atoms with Gasteiger partial charge in [-0.05, 0) is 42.2 Å². The number of amides is 2. The topological polar surface area (TPSA) is 83.6 Å². The first kappa shape index (κ1) is 19.1. The van der Waals surface area contributed by atoms with E-state index in [9.17, 15) is 18.0 Å². The number of anilines is 1. The van der Waals surface area contributed by atoms with Crippen LogP contribution >= 0.6 is 0 Å². The first-order valence-electron chi connectivity index (χ1n) is 8.84. The predicted octanol–water partition coefficient (Wildman–Crippen LogP) is 3.13. The molecule has 3 rings (SSSR count). The van der Waals surface area contributed by atoms with Gasteiger partial charge < -0.3 is 5.32 Å². The maximum Gasteiger partial charge on any atom is 0.267 e. The first-order valence-corrected chi connectivity index (χ1v) is 10.3. The molecule has 1 unspecified atom stereocenters. The van der Waals surface area contributed by atoms with Crippen LogP contribution in [0.1, 0.15) is 38.2 Å². The molecule has 2 aromatic carbocycles. The SMILES string of the molecule is CC(C)c1ccc(NC(=O)C2CCC(=O)N2S(=O)(=O)c2ccccc2)cc1. The molecule has 6 nitrogen and oxygen atoms in total. The quantitative estimate of drug-likeness (QED) is 0.856. The Bertz CT molecular complexity index is 938. The second-order valence-corrected chi connectivity index (χ2v) is 8.64. The van der Waals surface area contributed by atoms with E-state index < -0.39 is 27.9 Å². The van der Waals surface area contributed by atoms with E-state index in [-0.39, 0.29) is 17.7 Å². The highest BCUT2D eigenvalue weighted by atomic mass is 32.2. The summed E-state index contributed by atoms with van der Waals surface area (Å²) in [4.78, 5) is 24.9. The van der Waals surface area contributed by atoms with Crippen LogP contribution in [0, 0.1) is 0 Å². The van der Waals surface area contributed by atoms with Gasteiger partial charge >= 0.3 is 0 Å². The molecule has 7 heteroatoms. The minimum atomic E-state index is -4.07. The lowest BCUT2D eigenvalue weighted by molar-refractivity contribution is -0.128. The molecule has 1 atom stereocenters. The Labute approximate surface area is 159 Å². The monoisotopic (exact) mass is 386 g/mol. The molecule has 0 saturated carbocycles. The van der Waals surface area contributed by atoms with E-state index in [1.807, 2.05) is 12.1 Å². The van der Waals surface area contributed by atoms with Crippen LogP contribution in [0.15, 0.2) is 59.5 Å². The molecule has 0 radical (unpaired) electrons. The zero-order chi connectivity index (χ0) is 19.6. The third-order valence-corrected chi connectivity index (χ3v) is 6.45. The fourth-order valence-electron chi connectivity index (χ4n) is 3.08. The lowest BCUT2D eigenvalue weighted by atomic mass is 10.0. The lowest BCUT2D eigenvalue weighted by Gasteiger charge is -2.23. The van der Waals surface area contributed by atoms with Gasteiger partial charge in [0.05, 0.1) is 4.90 Å². The van der Waals surface area contributed by atoms with Crippen molar-refractivity contribution in [1.82, 2.24) is 4.31 Å². The highest BCUT2D eigenvalue weighted by Crippen LogP contribution is 2.28. The van der Waals surface area contributed by atoms with Crippen LogP contribution in [0.4, 0.5) is 5.69 Å². The molecule has 1 saturated heterocycles. The van der Waals surface area contributed by atoms with Crippen molar-refractivity contribution in [3.05, 3.63) is 60.2 Å². The largest absolute Gasteiger partial charge is 0.324 e. The van der Waals surface area contributed by atoms with E-state index >= 15 is 0 Å². The first-order chi connectivity index (χ1) is 12.8. The summed E-state index contributed by atoms with van der Waals surface area (Å²) >= 11 is 0. The average Bonchev–Trinajstić information content (AvgIpc) is 3.05. The zero-order valence-electron chi connectivity index (χ0n) is 15.3. The highest BCUT2D eigenvalue weighted by molar-refractivity contribution is 7.89. The number of benzene rings is 2. The number of carbonyl (C=O) groups is 2. The van der Waals surface area contributed by atoms with Gasteiger partial charge in [0, 0.05) is 12.1 Å². The van der Waals surface area contributed by atoms with Gasteiger partial charge in [0.15, 0.2) is 0 Å². The second kappa shape index (κ2) is 7.52. The van der Waals surface area contributed by atoms with E-state index in [0.717, 1.165) is 9.87 Å². The Morgan fingerprint density at radius 1 is 1.07 bits per heavy atom. The summed E-state index contributed by atoms with van der Waals surface area (Å²) in [6.45, 7) is 4.15. The number of nitrogens with zero attached hydrogens (tertiary/aromatic N) is 1. The van der Waals surface area contributed by atoms with E-state index in [0.29, 0.717) is 11.6 Å². The van der Waals surface area contributed by atoms with Gasteiger partial charge in [-0.3, -0.25) is 9.59 Å². The van der Waals surface area contributed by atoms with Crippen LogP contribution in [0.3, 0.4) is 0 Å². The minimum Gasteiger partial charge on any atom is -0.324 e. The predicted molar refractivity (Wildman–Crippen MR) is 103 cm³/mol. The number of hydrogen-bond donors (Lipinski definition) is 1. The Balaban J connectivity index is 1.82. The molecular weight excluding hydrogens is 364 g/mol. The second-order valence-electron chi connectivity index (χ2n) is 6.83. The van der Waals surface area contributed by atoms with Crippen LogP contribution in [0.25, 0.3) is 0 Å². The smallest absolute Gasteiger partial charge is 0.267 e. The van der Waals surface area contributed by atoms with Crippen LogP contribution in [0.5, 0.6) is 0 Å². The van der Waals surface area contributed by atoms with Gasteiger partial charge in [-0.25, -0.2) is 12.7 Å². The molecule has 27 heavy (non-hydrogen) atoms. The molecule has 1 fully saturated rings. The third kappa shape index (κ3) is 3.88. The van der Waals surface area contributed by atoms with Crippen LogP contribution in [0.2, 0.25) is 0 Å². The fraction of sp³-hybridized carbons (Fsp3) is 0.300. The summed E-state index contributed by atoms with van der Waals surface area (Å²) < 4.78 is 26.4. The lowest BCUT2D eigenvalue weighted by Crippen LogP contribution is -2.45. The molecule has 142 valence electrons. The number of nitrogens with one attached hydrogen (secondary N) is 1. The van der Waals surface area contributed by atoms with Crippen LogP contribution < -0.4 is 5.32 Å². The summed E-state index contributed by atoms with van der Waals surface area (Å²) in [6.07, 6.45) is 0.192. The Morgan fingerprint density at radius 2 is 1.70 bits per heavy atom. The van der Waals surface area contributed by atoms with Gasteiger partial charge in [-0.2, -0.15) is 0 Å². The van der Waals surface area contributed by atoms with Crippen LogP contribution in [-0.2, 0) is 19.6 Å². The van der Waals surface area contributed by atoms with Crippen molar-refractivity contribution in [3.63, 3.8) is 0 Å². The number of carbonyl (C=O) groups excluding carboxylic acids is 2. The van der Waals surface area contributed by atoms with Gasteiger partial charge in [0.2, 0.25) is 11.8 Å². The summed E-state index contributed by atoms with van der Waals surface area (Å²) in [7, 11) is -4.07. The van der Waals surface area contributed by atoms with Gasteiger partial charge in [-0.15, -0.1) is 0 Å². The molecule has 1 aliphatic rings. The van der Waals surface area contributed by atoms with Gasteiger partial charge in [0.1, 0.15) is 6.04 Å². The summed E-state index contributed by atoms with van der Waals surface area (Å²) in [5.74, 6) is -0.694. The van der Waals surface area contributed by atoms with Crippen molar-refractivity contribution in [3.8, 4) is 0 Å².